The van der Waals surface area contributed by atoms with Crippen molar-refractivity contribution in [2.24, 2.45) is 0 Å². The van der Waals surface area contributed by atoms with E-state index in [1.54, 1.807) is 41.7 Å². The van der Waals surface area contributed by atoms with Crippen molar-refractivity contribution in [1.82, 2.24) is 0 Å². The molecular weight excluding hydrogens is 541 g/mol. The van der Waals surface area contributed by atoms with Crippen LogP contribution in [0.4, 0.5) is 0 Å². The van der Waals surface area contributed by atoms with Gasteiger partial charge in [-0.2, -0.15) is 4.57 Å². The molecule has 0 fully saturated rings. The number of hydrogen-bond donors (Lipinski definition) is 0. The van der Waals surface area contributed by atoms with E-state index in [2.05, 4.69) is 6.92 Å². The van der Waals surface area contributed by atoms with Gasteiger partial charge >= 0.3 is 7.82 Å². The fourth-order valence-electron chi connectivity index (χ4n) is 4.77. The molecule has 0 N–H and O–H groups in total. The lowest BCUT2D eigenvalue weighted by atomic mass is 10.1. The third kappa shape index (κ3) is 9.65. The second kappa shape index (κ2) is 15.8. The van der Waals surface area contributed by atoms with E-state index in [0.717, 1.165) is 23.8 Å². The molecule has 0 radical (unpaired) electrons. The summed E-state index contributed by atoms with van der Waals surface area (Å²) in [6.45, 7) is 3.44. The van der Waals surface area contributed by atoms with Gasteiger partial charge in [0.1, 0.15) is 17.2 Å². The minimum Gasteiger partial charge on any atom is -0.736 e. The van der Waals surface area contributed by atoms with Crippen molar-refractivity contribution < 1.29 is 27.8 Å². The zero-order chi connectivity index (χ0) is 28.0. The standard InChI is InChI=1S/C32H40NO5PS/c1-2-3-4-5-6-7-8-9-10-11-22-36-30-19-13-16-28-17-14-20-31(32(28)30)38-39(34,35)37-29-18-12-15-27(24-29)25-33-21-23-40-26-33/h12-21,23-24,26H,2-11,22,25H2,1H3. The van der Waals surface area contributed by atoms with Gasteiger partial charge in [0.2, 0.25) is 5.51 Å². The van der Waals surface area contributed by atoms with Gasteiger partial charge in [-0.25, -0.2) is 4.57 Å². The van der Waals surface area contributed by atoms with Crippen LogP contribution in [0.2, 0.25) is 0 Å². The molecule has 0 aliphatic heterocycles. The summed E-state index contributed by atoms with van der Waals surface area (Å²) in [5.41, 5.74) is 2.92. The summed E-state index contributed by atoms with van der Waals surface area (Å²) in [7, 11) is -4.72. The van der Waals surface area contributed by atoms with Crippen LogP contribution in [0.15, 0.2) is 77.8 Å². The van der Waals surface area contributed by atoms with Gasteiger partial charge in [-0.3, -0.25) is 0 Å². The Labute approximate surface area is 242 Å². The Bertz CT molecular complexity index is 1360. The molecule has 0 bridgehead atoms. The fraction of sp³-hybridized carbons (Fsp3) is 0.406. The zero-order valence-corrected chi connectivity index (χ0v) is 25.0. The van der Waals surface area contributed by atoms with E-state index in [0.29, 0.717) is 24.3 Å². The number of phosphoric ester groups is 1. The van der Waals surface area contributed by atoms with Crippen LogP contribution < -0.4 is 23.2 Å². The van der Waals surface area contributed by atoms with Crippen molar-refractivity contribution in [3.05, 3.63) is 83.3 Å². The van der Waals surface area contributed by atoms with Crippen molar-refractivity contribution in [3.8, 4) is 17.2 Å². The Hall–Kier alpha value is -2.86. The molecule has 214 valence electrons. The molecule has 0 spiro atoms. The number of unbranched alkanes of at least 4 members (excludes halogenated alkanes) is 9. The molecule has 8 heteroatoms. The molecule has 3 aromatic carbocycles. The van der Waals surface area contributed by atoms with Crippen LogP contribution >= 0.6 is 19.2 Å². The van der Waals surface area contributed by atoms with Gasteiger partial charge in [-0.1, -0.05) is 112 Å². The third-order valence-corrected chi connectivity index (χ3v) is 8.33. The number of hydrogen-bond acceptors (Lipinski definition) is 6. The summed E-state index contributed by atoms with van der Waals surface area (Å²) in [4.78, 5) is 13.0. The molecule has 0 aliphatic carbocycles. The van der Waals surface area contributed by atoms with Crippen LogP contribution in [0.3, 0.4) is 0 Å². The highest BCUT2D eigenvalue weighted by Crippen LogP contribution is 2.45. The molecule has 1 aromatic heterocycles. The van der Waals surface area contributed by atoms with Crippen molar-refractivity contribution >= 4 is 29.9 Å². The Balaban J connectivity index is 1.32. The number of thiazole rings is 1. The van der Waals surface area contributed by atoms with E-state index in [4.69, 9.17) is 13.8 Å². The van der Waals surface area contributed by atoms with Crippen molar-refractivity contribution in [2.45, 2.75) is 77.7 Å². The zero-order valence-electron chi connectivity index (χ0n) is 23.3. The van der Waals surface area contributed by atoms with Crippen LogP contribution in [0.25, 0.3) is 10.8 Å². The predicted octanol–water partition coefficient (Wildman–Crippen LogP) is 8.46. The van der Waals surface area contributed by atoms with Crippen LogP contribution in [0, 0.1) is 0 Å². The maximum atomic E-state index is 13.0. The third-order valence-electron chi connectivity index (χ3n) is 6.80. The van der Waals surface area contributed by atoms with E-state index >= 15 is 0 Å². The van der Waals surface area contributed by atoms with E-state index in [-0.39, 0.29) is 11.5 Å². The highest BCUT2D eigenvalue weighted by atomic mass is 32.1. The van der Waals surface area contributed by atoms with Crippen molar-refractivity contribution in [2.75, 3.05) is 6.61 Å². The topological polar surface area (TPSA) is 71.7 Å². The minimum atomic E-state index is -4.72. The molecule has 6 nitrogen and oxygen atoms in total. The first-order chi connectivity index (χ1) is 19.5. The van der Waals surface area contributed by atoms with Gasteiger partial charge in [0, 0.05) is 5.56 Å². The van der Waals surface area contributed by atoms with Gasteiger partial charge < -0.3 is 18.7 Å². The SMILES string of the molecule is CCCCCCCCCCCCOc1cccc2cccc(OP(=O)([O-])Oc3cccc(C[n+]4ccsc4)c3)c12. The largest absolute Gasteiger partial charge is 0.736 e. The van der Waals surface area contributed by atoms with Crippen molar-refractivity contribution in [3.63, 3.8) is 0 Å². The summed E-state index contributed by atoms with van der Waals surface area (Å²) in [6.07, 6.45) is 14.5. The van der Waals surface area contributed by atoms with E-state index in [1.165, 1.54) is 51.4 Å². The molecule has 1 heterocycles. The highest BCUT2D eigenvalue weighted by Gasteiger charge is 2.18. The normalized spacial score (nSPS) is 12.8. The minimum absolute atomic E-state index is 0.194. The Morgan fingerprint density at radius 3 is 2.20 bits per heavy atom. The van der Waals surface area contributed by atoms with E-state index in [1.807, 2.05) is 52.0 Å². The quantitative estimate of drug-likeness (QED) is 0.0670. The lowest BCUT2D eigenvalue weighted by Crippen LogP contribution is -2.30. The molecule has 0 saturated heterocycles. The fourth-order valence-corrected chi connectivity index (χ4v) is 6.17. The Morgan fingerprint density at radius 1 is 0.825 bits per heavy atom. The summed E-state index contributed by atoms with van der Waals surface area (Å²) in [6, 6.07) is 18.0. The Morgan fingerprint density at radius 2 is 1.50 bits per heavy atom. The molecule has 4 aromatic rings. The average molecular weight is 582 g/mol. The first-order valence-corrected chi connectivity index (χ1v) is 16.8. The molecule has 0 amide bonds. The van der Waals surface area contributed by atoms with Gasteiger partial charge in [-0.05, 0) is 36.1 Å². The maximum absolute atomic E-state index is 13.0. The van der Waals surface area contributed by atoms with Crippen LogP contribution in [-0.2, 0) is 11.1 Å². The van der Waals surface area contributed by atoms with Crippen LogP contribution in [0.5, 0.6) is 17.2 Å². The number of ether oxygens (including phenoxy) is 1. The number of aromatic nitrogens is 1. The molecule has 0 aliphatic rings. The smallest absolute Gasteiger partial charge is 0.372 e. The summed E-state index contributed by atoms with van der Waals surface area (Å²) in [5, 5.41) is 3.45. The first-order valence-electron chi connectivity index (χ1n) is 14.4. The number of fused-ring (bicyclic) bond motifs is 1. The van der Waals surface area contributed by atoms with Crippen LogP contribution in [0.1, 0.15) is 76.7 Å². The molecular formula is C32H40NO5PS. The molecule has 4 rings (SSSR count). The number of benzene rings is 3. The predicted molar refractivity (Wildman–Crippen MR) is 160 cm³/mol. The number of phosphoric acid groups is 1. The monoisotopic (exact) mass is 581 g/mol. The molecule has 1 unspecified atom stereocenters. The first kappa shape index (κ1) is 30.1. The van der Waals surface area contributed by atoms with Gasteiger partial charge in [-0.15, -0.1) is 0 Å². The summed E-state index contributed by atoms with van der Waals surface area (Å²) in [5.74, 6) is 1.02. The summed E-state index contributed by atoms with van der Waals surface area (Å²) < 4.78 is 31.9. The second-order valence-corrected chi connectivity index (χ2v) is 12.1. The lowest BCUT2D eigenvalue weighted by Gasteiger charge is -2.25. The summed E-state index contributed by atoms with van der Waals surface area (Å²) >= 11 is 1.60. The van der Waals surface area contributed by atoms with E-state index in [9.17, 15) is 9.46 Å². The molecule has 0 saturated carbocycles. The van der Waals surface area contributed by atoms with Gasteiger partial charge in [0.25, 0.3) is 0 Å². The van der Waals surface area contributed by atoms with Crippen LogP contribution in [-0.4, -0.2) is 6.61 Å². The molecule has 1 atom stereocenters. The van der Waals surface area contributed by atoms with Gasteiger partial charge in [0.15, 0.2) is 12.7 Å². The number of nitrogens with zero attached hydrogens (tertiary/aromatic N) is 1. The molecule has 40 heavy (non-hydrogen) atoms. The number of rotatable bonds is 18. The lowest BCUT2D eigenvalue weighted by molar-refractivity contribution is -0.683. The Kier molecular flexibility index (Phi) is 11.9. The average Bonchev–Trinajstić information content (AvgIpc) is 3.44. The van der Waals surface area contributed by atoms with E-state index < -0.39 is 7.82 Å². The van der Waals surface area contributed by atoms with Gasteiger partial charge in [0.05, 0.1) is 17.4 Å². The van der Waals surface area contributed by atoms with Crippen molar-refractivity contribution in [1.29, 1.82) is 0 Å². The maximum Gasteiger partial charge on any atom is 0.372 e. The second-order valence-electron chi connectivity index (χ2n) is 10.1. The highest BCUT2D eigenvalue weighted by molar-refractivity contribution is 7.46.